The lowest BCUT2D eigenvalue weighted by molar-refractivity contribution is -0.359. The number of aliphatic hydroxyl groups is 8. The van der Waals surface area contributed by atoms with Crippen molar-refractivity contribution in [1.29, 1.82) is 0 Å². The van der Waals surface area contributed by atoms with Gasteiger partial charge in [0.2, 0.25) is 5.91 Å². The van der Waals surface area contributed by atoms with Gasteiger partial charge in [0, 0.05) is 6.42 Å². The first-order valence-electron chi connectivity index (χ1n) is 24.7. The highest BCUT2D eigenvalue weighted by Gasteiger charge is 2.51. The van der Waals surface area contributed by atoms with Crippen molar-refractivity contribution in [1.82, 2.24) is 5.32 Å². The van der Waals surface area contributed by atoms with Gasteiger partial charge in [0.15, 0.2) is 12.6 Å². The first-order chi connectivity index (χ1) is 30.6. The van der Waals surface area contributed by atoms with Crippen LogP contribution in [0.25, 0.3) is 0 Å². The second kappa shape index (κ2) is 36.3. The summed E-state index contributed by atoms with van der Waals surface area (Å²) in [4.78, 5) is 13.1. The Bertz CT molecular complexity index is 1200. The van der Waals surface area contributed by atoms with E-state index in [2.05, 4.69) is 43.5 Å². The zero-order valence-electron chi connectivity index (χ0n) is 38.8. The van der Waals surface area contributed by atoms with Crippen LogP contribution < -0.4 is 5.32 Å². The molecule has 14 heteroatoms. The summed E-state index contributed by atoms with van der Waals surface area (Å²) >= 11 is 0. The molecule has 0 saturated carbocycles. The van der Waals surface area contributed by atoms with E-state index < -0.39 is 86.8 Å². The van der Waals surface area contributed by atoms with Crippen LogP contribution >= 0.6 is 0 Å². The number of unbranched alkanes of at least 4 members (excludes halogenated alkanes) is 20. The van der Waals surface area contributed by atoms with Crippen molar-refractivity contribution in [2.24, 2.45) is 0 Å². The van der Waals surface area contributed by atoms with E-state index in [0.717, 1.165) is 38.5 Å². The lowest BCUT2D eigenvalue weighted by Crippen LogP contribution is -2.65. The molecule has 9 N–H and O–H groups in total. The topological polar surface area (TPSA) is 228 Å². The fourth-order valence-corrected chi connectivity index (χ4v) is 7.95. The quantitative estimate of drug-likeness (QED) is 0.0261. The third kappa shape index (κ3) is 24.0. The van der Waals surface area contributed by atoms with Crippen LogP contribution in [0, 0.1) is 0 Å². The van der Waals surface area contributed by atoms with Crippen molar-refractivity contribution in [3.63, 3.8) is 0 Å². The van der Waals surface area contributed by atoms with E-state index in [1.165, 1.54) is 103 Å². The van der Waals surface area contributed by atoms with Crippen LogP contribution in [0.3, 0.4) is 0 Å². The minimum Gasteiger partial charge on any atom is -0.394 e. The molecule has 2 aliphatic rings. The molecule has 2 saturated heterocycles. The standard InChI is InChI=1S/C49H89NO13/c1-3-5-7-9-11-13-15-17-18-19-20-21-23-25-27-29-31-33-41(54)50-37(38(53)32-30-28-26-24-22-16-14-12-10-8-6-4-2)36-60-48-46(59)44(57)47(40(35-52)62-48)63-49-45(58)43(56)42(55)39(34-51)61-49/h17-18,22,24,30,32,37-40,42-49,51-53,55-59H,3-16,19-21,23,25-29,31,33-36H2,1-2H3,(H,50,54)/b18-17-,24-22+,32-30+. The number of aliphatic hydroxyl groups excluding tert-OH is 8. The summed E-state index contributed by atoms with van der Waals surface area (Å²) in [6.45, 7) is 2.72. The summed E-state index contributed by atoms with van der Waals surface area (Å²) in [5.41, 5.74) is 0. The number of ether oxygens (including phenoxy) is 4. The van der Waals surface area contributed by atoms with E-state index in [4.69, 9.17) is 18.9 Å². The van der Waals surface area contributed by atoms with E-state index in [0.29, 0.717) is 12.8 Å². The Hall–Kier alpha value is -1.79. The molecule has 0 spiro atoms. The number of nitrogens with one attached hydrogen (secondary N) is 1. The molecule has 1 amide bonds. The van der Waals surface area contributed by atoms with Gasteiger partial charge in [-0.1, -0.05) is 147 Å². The summed E-state index contributed by atoms with van der Waals surface area (Å²) in [6.07, 6.45) is 23.3. The molecule has 368 valence electrons. The number of amides is 1. The minimum absolute atomic E-state index is 0.257. The molecular weight excluding hydrogens is 811 g/mol. The number of allylic oxidation sites excluding steroid dienone is 5. The molecule has 2 aliphatic heterocycles. The SMILES string of the molecule is CCCCCCCC/C=C\CCCCCCCCCC(=O)NC(COC1OC(CO)C(OC2OC(CO)C(O)C(O)C2O)C(O)C1O)C(O)/C=C/CC/C=C/CCCCCCCC. The molecule has 0 aromatic carbocycles. The molecule has 0 aromatic rings. The van der Waals surface area contributed by atoms with Gasteiger partial charge in [0.05, 0.1) is 32.0 Å². The number of rotatable bonds is 37. The van der Waals surface area contributed by atoms with Crippen molar-refractivity contribution in [3.8, 4) is 0 Å². The molecule has 14 nitrogen and oxygen atoms in total. The largest absolute Gasteiger partial charge is 0.394 e. The summed E-state index contributed by atoms with van der Waals surface area (Å²) in [5.74, 6) is -0.257. The zero-order valence-corrected chi connectivity index (χ0v) is 38.8. The second-order valence-electron chi connectivity index (χ2n) is 17.6. The van der Waals surface area contributed by atoms with E-state index in [9.17, 15) is 45.6 Å². The predicted octanol–water partition coefficient (Wildman–Crippen LogP) is 5.93. The van der Waals surface area contributed by atoms with Gasteiger partial charge < -0.3 is 65.1 Å². The van der Waals surface area contributed by atoms with Gasteiger partial charge in [0.1, 0.15) is 48.8 Å². The first-order valence-corrected chi connectivity index (χ1v) is 24.7. The van der Waals surface area contributed by atoms with Gasteiger partial charge in [-0.2, -0.15) is 0 Å². The first kappa shape index (κ1) is 57.3. The Morgan fingerprint density at radius 2 is 1.02 bits per heavy atom. The normalized spacial score (nSPS) is 27.8. The number of hydrogen-bond acceptors (Lipinski definition) is 13. The lowest BCUT2D eigenvalue weighted by Gasteiger charge is -2.46. The molecule has 2 fully saturated rings. The molecule has 0 bridgehead atoms. The fourth-order valence-electron chi connectivity index (χ4n) is 7.95. The lowest BCUT2D eigenvalue weighted by atomic mass is 9.97. The maximum atomic E-state index is 13.1. The summed E-state index contributed by atoms with van der Waals surface area (Å²) in [5, 5.41) is 86.5. The van der Waals surface area contributed by atoms with E-state index >= 15 is 0 Å². The summed E-state index contributed by atoms with van der Waals surface area (Å²) < 4.78 is 22.6. The molecule has 12 unspecified atom stereocenters. The highest BCUT2D eigenvalue weighted by Crippen LogP contribution is 2.30. The third-order valence-electron chi connectivity index (χ3n) is 12.0. The predicted molar refractivity (Wildman–Crippen MR) is 244 cm³/mol. The maximum absolute atomic E-state index is 13.1. The smallest absolute Gasteiger partial charge is 0.220 e. The molecule has 0 aliphatic carbocycles. The number of hydrogen-bond donors (Lipinski definition) is 9. The molecule has 0 radical (unpaired) electrons. The van der Waals surface area contributed by atoms with Gasteiger partial charge in [0.25, 0.3) is 0 Å². The van der Waals surface area contributed by atoms with Crippen LogP contribution in [0.4, 0.5) is 0 Å². The van der Waals surface area contributed by atoms with Gasteiger partial charge in [-0.3, -0.25) is 4.79 Å². The zero-order chi connectivity index (χ0) is 46.1. The summed E-state index contributed by atoms with van der Waals surface area (Å²) in [6, 6.07) is -0.930. The molecule has 0 aromatic heterocycles. The Kier molecular flexibility index (Phi) is 33.1. The maximum Gasteiger partial charge on any atom is 0.220 e. The minimum atomic E-state index is -1.79. The Labute approximate surface area is 379 Å². The van der Waals surface area contributed by atoms with Crippen molar-refractivity contribution in [2.75, 3.05) is 19.8 Å². The monoisotopic (exact) mass is 900 g/mol. The molecule has 2 rings (SSSR count). The van der Waals surface area contributed by atoms with Crippen molar-refractivity contribution >= 4 is 5.91 Å². The highest BCUT2D eigenvalue weighted by molar-refractivity contribution is 5.76. The van der Waals surface area contributed by atoms with E-state index in [-0.39, 0.29) is 18.9 Å². The second-order valence-corrected chi connectivity index (χ2v) is 17.6. The van der Waals surface area contributed by atoms with Crippen LogP contribution in [0.2, 0.25) is 0 Å². The van der Waals surface area contributed by atoms with E-state index in [1.807, 2.05) is 6.08 Å². The third-order valence-corrected chi connectivity index (χ3v) is 12.0. The van der Waals surface area contributed by atoms with Crippen molar-refractivity contribution in [3.05, 3.63) is 36.5 Å². The van der Waals surface area contributed by atoms with Crippen LogP contribution in [0.1, 0.15) is 174 Å². The molecule has 2 heterocycles. The van der Waals surface area contributed by atoms with Gasteiger partial charge in [-0.15, -0.1) is 0 Å². The number of carbonyl (C=O) groups excluding carboxylic acids is 1. The van der Waals surface area contributed by atoms with Crippen LogP contribution in [0.15, 0.2) is 36.5 Å². The fraction of sp³-hybridized carbons (Fsp3) is 0.857. The van der Waals surface area contributed by atoms with Crippen LogP contribution in [-0.4, -0.2) is 140 Å². The Morgan fingerprint density at radius 1 is 0.556 bits per heavy atom. The molecular formula is C49H89NO13. The van der Waals surface area contributed by atoms with Crippen LogP contribution in [-0.2, 0) is 23.7 Å². The highest BCUT2D eigenvalue weighted by atomic mass is 16.7. The summed E-state index contributed by atoms with van der Waals surface area (Å²) in [7, 11) is 0. The number of carbonyl (C=O) groups is 1. The molecule has 63 heavy (non-hydrogen) atoms. The Morgan fingerprint density at radius 3 is 1.56 bits per heavy atom. The van der Waals surface area contributed by atoms with Gasteiger partial charge in [-0.05, 0) is 57.8 Å². The van der Waals surface area contributed by atoms with Crippen molar-refractivity contribution in [2.45, 2.75) is 248 Å². The average Bonchev–Trinajstić information content (AvgIpc) is 3.28. The van der Waals surface area contributed by atoms with E-state index in [1.54, 1.807) is 6.08 Å². The van der Waals surface area contributed by atoms with Gasteiger partial charge >= 0.3 is 0 Å². The van der Waals surface area contributed by atoms with Crippen molar-refractivity contribution < 1.29 is 64.6 Å². The van der Waals surface area contributed by atoms with Gasteiger partial charge in [-0.25, -0.2) is 0 Å². The molecule has 12 atom stereocenters. The average molecular weight is 900 g/mol. The van der Waals surface area contributed by atoms with Crippen LogP contribution in [0.5, 0.6) is 0 Å². The Balaban J connectivity index is 1.87.